The first kappa shape index (κ1) is 18.7. The Bertz CT molecular complexity index is 569. The van der Waals surface area contributed by atoms with Gasteiger partial charge < -0.3 is 5.73 Å². The average molecular weight is 358 g/mol. The van der Waals surface area contributed by atoms with E-state index >= 15 is 0 Å². The standard InChI is InChI=1S/C24H39NO/c1-23-13-11-17(6-4-3-5-15-25)16-18(23)7-8-19-20-9-10-22(26)24(20,2)14-12-21(19)23/h4,6,17-21H,3,5,7-16,25H2,1-2H3/t17-,18?,19+,20+,21+,23+,24+/m1/s1. The highest BCUT2D eigenvalue weighted by atomic mass is 16.1. The molecular weight excluding hydrogens is 318 g/mol. The van der Waals surface area contributed by atoms with Crippen molar-refractivity contribution < 1.29 is 4.79 Å². The number of Topliss-reactive ketones (excluding diaryl/α,β-unsaturated/α-hetero) is 1. The molecule has 4 fully saturated rings. The summed E-state index contributed by atoms with van der Waals surface area (Å²) in [5, 5.41) is 0. The minimum atomic E-state index is 0.0350. The monoisotopic (exact) mass is 357 g/mol. The molecule has 0 aromatic rings. The van der Waals surface area contributed by atoms with Crippen LogP contribution in [0.3, 0.4) is 0 Å². The number of carbonyl (C=O) groups excluding carboxylic acids is 1. The van der Waals surface area contributed by atoms with Gasteiger partial charge in [-0.1, -0.05) is 26.0 Å². The molecule has 0 aromatic carbocycles. The summed E-state index contributed by atoms with van der Waals surface area (Å²) in [7, 11) is 0. The van der Waals surface area contributed by atoms with Gasteiger partial charge in [-0.15, -0.1) is 0 Å². The van der Waals surface area contributed by atoms with Crippen molar-refractivity contribution in [1.29, 1.82) is 0 Å². The Morgan fingerprint density at radius 2 is 1.92 bits per heavy atom. The predicted octanol–water partition coefficient (Wildman–Crippen LogP) is 5.51. The quantitative estimate of drug-likeness (QED) is 0.532. The Hall–Kier alpha value is -0.630. The fraction of sp³-hybridized carbons (Fsp3) is 0.875. The van der Waals surface area contributed by atoms with E-state index in [1.165, 1.54) is 51.4 Å². The first-order chi connectivity index (χ1) is 12.5. The minimum Gasteiger partial charge on any atom is -0.330 e. The van der Waals surface area contributed by atoms with E-state index in [1.54, 1.807) is 0 Å². The molecule has 0 heterocycles. The van der Waals surface area contributed by atoms with Gasteiger partial charge in [-0.05, 0) is 106 Å². The van der Waals surface area contributed by atoms with Gasteiger partial charge in [-0.2, -0.15) is 0 Å². The molecule has 4 rings (SSSR count). The molecule has 26 heavy (non-hydrogen) atoms. The Morgan fingerprint density at radius 3 is 2.73 bits per heavy atom. The zero-order chi connectivity index (χ0) is 18.4. The van der Waals surface area contributed by atoms with Crippen molar-refractivity contribution in [3.8, 4) is 0 Å². The molecule has 0 bridgehead atoms. The first-order valence-corrected chi connectivity index (χ1v) is 11.4. The second-order valence-electron chi connectivity index (χ2n) is 10.5. The molecule has 4 saturated carbocycles. The third-order valence-corrected chi connectivity index (χ3v) is 9.40. The summed E-state index contributed by atoms with van der Waals surface area (Å²) < 4.78 is 0. The highest BCUT2D eigenvalue weighted by Gasteiger charge is 2.59. The lowest BCUT2D eigenvalue weighted by Crippen LogP contribution is -2.53. The molecule has 0 saturated heterocycles. The number of rotatable bonds is 4. The van der Waals surface area contributed by atoms with E-state index in [0.717, 1.165) is 49.5 Å². The number of ketones is 1. The smallest absolute Gasteiger partial charge is 0.139 e. The summed E-state index contributed by atoms with van der Waals surface area (Å²) in [4.78, 5) is 12.5. The lowest BCUT2D eigenvalue weighted by Gasteiger charge is -2.60. The molecule has 7 atom stereocenters. The second-order valence-corrected chi connectivity index (χ2v) is 10.5. The van der Waals surface area contributed by atoms with Crippen molar-refractivity contribution >= 4 is 5.78 Å². The summed E-state index contributed by atoms with van der Waals surface area (Å²) in [6, 6.07) is 0. The molecule has 146 valence electrons. The molecular formula is C24H39NO. The van der Waals surface area contributed by atoms with Crippen molar-refractivity contribution in [3.63, 3.8) is 0 Å². The Balaban J connectivity index is 1.46. The normalized spacial score (nSPS) is 48.3. The van der Waals surface area contributed by atoms with Crippen LogP contribution in [0.5, 0.6) is 0 Å². The van der Waals surface area contributed by atoms with Crippen molar-refractivity contribution in [1.82, 2.24) is 0 Å². The molecule has 2 nitrogen and oxygen atoms in total. The van der Waals surface area contributed by atoms with Gasteiger partial charge in [0.25, 0.3) is 0 Å². The van der Waals surface area contributed by atoms with Crippen LogP contribution in [-0.4, -0.2) is 12.3 Å². The zero-order valence-corrected chi connectivity index (χ0v) is 17.0. The Labute approximate surface area is 160 Å². The van der Waals surface area contributed by atoms with Crippen molar-refractivity contribution in [2.24, 2.45) is 46.2 Å². The number of fused-ring (bicyclic) bond motifs is 5. The van der Waals surface area contributed by atoms with Crippen LogP contribution < -0.4 is 5.73 Å². The molecule has 2 N–H and O–H groups in total. The van der Waals surface area contributed by atoms with Crippen molar-refractivity contribution in [3.05, 3.63) is 12.2 Å². The largest absolute Gasteiger partial charge is 0.330 e. The Kier molecular flexibility index (Phi) is 5.09. The minimum absolute atomic E-state index is 0.0350. The van der Waals surface area contributed by atoms with Gasteiger partial charge in [-0.25, -0.2) is 0 Å². The number of nitrogens with two attached hydrogens (primary N) is 1. The maximum Gasteiger partial charge on any atom is 0.139 e. The number of hydrogen-bond acceptors (Lipinski definition) is 2. The van der Waals surface area contributed by atoms with Gasteiger partial charge >= 0.3 is 0 Å². The SMILES string of the molecule is C[C@]12CC[C@@H](C=CCCCN)CC1CC[C@@H]1[C@@H]2CC[C@]2(C)C(=O)CC[C@@H]12. The van der Waals surface area contributed by atoms with Crippen LogP contribution in [0.1, 0.15) is 84.5 Å². The summed E-state index contributed by atoms with van der Waals surface area (Å²) in [5.41, 5.74) is 6.19. The first-order valence-electron chi connectivity index (χ1n) is 11.4. The van der Waals surface area contributed by atoms with Crippen molar-refractivity contribution in [2.45, 2.75) is 84.5 Å². The molecule has 4 aliphatic rings. The topological polar surface area (TPSA) is 43.1 Å². The van der Waals surface area contributed by atoms with Crippen LogP contribution in [0.15, 0.2) is 12.2 Å². The molecule has 0 aromatic heterocycles. The third-order valence-electron chi connectivity index (χ3n) is 9.40. The fourth-order valence-electron chi connectivity index (χ4n) is 7.76. The number of hydrogen-bond donors (Lipinski definition) is 1. The van der Waals surface area contributed by atoms with Gasteiger partial charge in [0.1, 0.15) is 5.78 Å². The molecule has 0 aliphatic heterocycles. The third kappa shape index (κ3) is 2.91. The van der Waals surface area contributed by atoms with E-state index < -0.39 is 0 Å². The lowest BCUT2D eigenvalue weighted by atomic mass is 9.44. The average Bonchev–Trinajstić information content (AvgIpc) is 2.94. The van der Waals surface area contributed by atoms with E-state index in [4.69, 9.17) is 5.73 Å². The zero-order valence-electron chi connectivity index (χ0n) is 17.0. The molecule has 1 unspecified atom stereocenters. The van der Waals surface area contributed by atoms with Crippen molar-refractivity contribution in [2.75, 3.05) is 6.54 Å². The van der Waals surface area contributed by atoms with E-state index in [2.05, 4.69) is 26.0 Å². The van der Waals surface area contributed by atoms with Crippen LogP contribution in [0.25, 0.3) is 0 Å². The van der Waals surface area contributed by atoms with Gasteiger partial charge in [-0.3, -0.25) is 4.79 Å². The molecule has 0 radical (unpaired) electrons. The fourth-order valence-corrected chi connectivity index (χ4v) is 7.76. The molecule has 0 amide bonds. The lowest BCUT2D eigenvalue weighted by molar-refractivity contribution is -0.139. The van der Waals surface area contributed by atoms with Gasteiger partial charge in [0.05, 0.1) is 0 Å². The highest BCUT2D eigenvalue weighted by molar-refractivity contribution is 5.87. The van der Waals surface area contributed by atoms with E-state index in [9.17, 15) is 4.79 Å². The summed E-state index contributed by atoms with van der Waals surface area (Å²) in [5.74, 6) is 4.69. The summed E-state index contributed by atoms with van der Waals surface area (Å²) in [6.07, 6.45) is 18.7. The van der Waals surface area contributed by atoms with Crippen LogP contribution in [0, 0.1) is 40.4 Å². The maximum atomic E-state index is 12.5. The van der Waals surface area contributed by atoms with Gasteiger partial charge in [0.2, 0.25) is 0 Å². The van der Waals surface area contributed by atoms with Crippen LogP contribution >= 0.6 is 0 Å². The van der Waals surface area contributed by atoms with E-state index in [-0.39, 0.29) is 5.41 Å². The maximum absolute atomic E-state index is 12.5. The van der Waals surface area contributed by atoms with Crippen LogP contribution in [0.2, 0.25) is 0 Å². The number of unbranched alkanes of at least 4 members (excludes halogenated alkanes) is 1. The van der Waals surface area contributed by atoms with E-state index in [1.807, 2.05) is 0 Å². The van der Waals surface area contributed by atoms with Crippen LogP contribution in [-0.2, 0) is 4.79 Å². The number of carbonyl (C=O) groups is 1. The molecule has 2 heteroatoms. The molecule has 4 aliphatic carbocycles. The van der Waals surface area contributed by atoms with Gasteiger partial charge in [0.15, 0.2) is 0 Å². The highest BCUT2D eigenvalue weighted by Crippen LogP contribution is 2.65. The summed E-state index contributed by atoms with van der Waals surface area (Å²) in [6.45, 7) is 5.74. The predicted molar refractivity (Wildman–Crippen MR) is 108 cm³/mol. The number of allylic oxidation sites excluding steroid dienone is 2. The Morgan fingerprint density at radius 1 is 1.08 bits per heavy atom. The van der Waals surface area contributed by atoms with Gasteiger partial charge in [0, 0.05) is 11.8 Å². The van der Waals surface area contributed by atoms with E-state index in [0.29, 0.717) is 17.1 Å². The molecule has 0 spiro atoms. The second kappa shape index (κ2) is 7.08. The van der Waals surface area contributed by atoms with Crippen LogP contribution in [0.4, 0.5) is 0 Å². The summed E-state index contributed by atoms with van der Waals surface area (Å²) >= 11 is 0.